The number of esters is 1. The van der Waals surface area contributed by atoms with Crippen LogP contribution in [0, 0.1) is 0 Å². The first-order valence-electron chi connectivity index (χ1n) is 8.40. The minimum absolute atomic E-state index is 0.0252. The zero-order valence-electron chi connectivity index (χ0n) is 13.7. The van der Waals surface area contributed by atoms with Gasteiger partial charge in [0.15, 0.2) is 0 Å². The summed E-state index contributed by atoms with van der Waals surface area (Å²) in [7, 11) is 0. The highest BCUT2D eigenvalue weighted by Gasteiger charge is 2.24. The van der Waals surface area contributed by atoms with Crippen LogP contribution in [0.2, 0.25) is 5.02 Å². The minimum atomic E-state index is -0.612. The number of anilines is 1. The second kappa shape index (κ2) is 7.26. The highest BCUT2D eigenvalue weighted by Crippen LogP contribution is 2.31. The van der Waals surface area contributed by atoms with Crippen molar-refractivity contribution >= 4 is 34.2 Å². The van der Waals surface area contributed by atoms with Crippen molar-refractivity contribution in [2.75, 3.05) is 11.9 Å². The van der Waals surface area contributed by atoms with E-state index < -0.39 is 11.5 Å². The van der Waals surface area contributed by atoms with Crippen LogP contribution < -0.4 is 10.9 Å². The van der Waals surface area contributed by atoms with Crippen LogP contribution in [0.4, 0.5) is 5.69 Å². The predicted octanol–water partition coefficient (Wildman–Crippen LogP) is 4.10. The van der Waals surface area contributed by atoms with Crippen molar-refractivity contribution in [1.29, 1.82) is 0 Å². The van der Waals surface area contributed by atoms with Crippen molar-refractivity contribution in [2.45, 2.75) is 45.1 Å². The van der Waals surface area contributed by atoms with Crippen LogP contribution >= 0.6 is 11.6 Å². The molecule has 0 bridgehead atoms. The van der Waals surface area contributed by atoms with Crippen molar-refractivity contribution in [1.82, 2.24) is 4.98 Å². The Morgan fingerprint density at radius 3 is 2.79 bits per heavy atom. The van der Waals surface area contributed by atoms with Gasteiger partial charge in [-0.2, -0.15) is 0 Å². The van der Waals surface area contributed by atoms with Gasteiger partial charge in [0, 0.05) is 11.4 Å². The van der Waals surface area contributed by atoms with E-state index in [1.54, 1.807) is 13.0 Å². The van der Waals surface area contributed by atoms with Crippen LogP contribution in [0.15, 0.2) is 23.0 Å². The standard InChI is InChI=1S/C18H21ClN2O3/c1-2-24-18(23)14-16(20-11-7-4-3-5-8-11)12-9-6-10-13(19)15(12)21-17(14)22/h6,9-11H,2-5,7-8H2,1H3,(H2,20,21,22). The number of carbonyl (C=O) groups is 1. The van der Waals surface area contributed by atoms with E-state index >= 15 is 0 Å². The van der Waals surface area contributed by atoms with Gasteiger partial charge in [-0.3, -0.25) is 4.79 Å². The quantitative estimate of drug-likeness (QED) is 0.816. The summed E-state index contributed by atoms with van der Waals surface area (Å²) >= 11 is 6.22. The van der Waals surface area contributed by atoms with Gasteiger partial charge >= 0.3 is 5.97 Å². The lowest BCUT2D eigenvalue weighted by Crippen LogP contribution is -2.28. The lowest BCUT2D eigenvalue weighted by molar-refractivity contribution is 0.0525. The molecule has 0 amide bonds. The summed E-state index contributed by atoms with van der Waals surface area (Å²) < 4.78 is 5.09. The van der Waals surface area contributed by atoms with E-state index in [9.17, 15) is 9.59 Å². The average Bonchev–Trinajstić information content (AvgIpc) is 2.57. The highest BCUT2D eigenvalue weighted by atomic mass is 35.5. The number of aromatic amines is 1. The molecule has 1 aromatic carbocycles. The lowest BCUT2D eigenvalue weighted by atomic mass is 9.94. The van der Waals surface area contributed by atoms with Crippen molar-refractivity contribution in [3.05, 3.63) is 39.1 Å². The topological polar surface area (TPSA) is 71.2 Å². The number of carbonyl (C=O) groups excluding carboxylic acids is 1. The summed E-state index contributed by atoms with van der Waals surface area (Å²) in [6, 6.07) is 5.62. The molecule has 1 fully saturated rings. The molecule has 1 saturated carbocycles. The third-order valence-electron chi connectivity index (χ3n) is 4.43. The lowest BCUT2D eigenvalue weighted by Gasteiger charge is -2.25. The number of ether oxygens (including phenoxy) is 1. The van der Waals surface area contributed by atoms with Crippen LogP contribution in [0.3, 0.4) is 0 Å². The number of halogens is 1. The smallest absolute Gasteiger partial charge is 0.345 e. The van der Waals surface area contributed by atoms with E-state index in [-0.39, 0.29) is 18.2 Å². The van der Waals surface area contributed by atoms with Crippen molar-refractivity contribution in [3.63, 3.8) is 0 Å². The molecular formula is C18H21ClN2O3. The summed E-state index contributed by atoms with van der Waals surface area (Å²) in [5, 5.41) is 4.60. The Hall–Kier alpha value is -2.01. The fourth-order valence-corrected chi connectivity index (χ4v) is 3.50. The third-order valence-corrected chi connectivity index (χ3v) is 4.75. The van der Waals surface area contributed by atoms with Crippen LogP contribution in [-0.4, -0.2) is 23.6 Å². The molecule has 0 radical (unpaired) electrons. The van der Waals surface area contributed by atoms with Gasteiger partial charge < -0.3 is 15.0 Å². The Balaban J connectivity index is 2.16. The highest BCUT2D eigenvalue weighted by molar-refractivity contribution is 6.35. The Morgan fingerprint density at radius 1 is 1.33 bits per heavy atom. The zero-order valence-corrected chi connectivity index (χ0v) is 14.4. The van der Waals surface area contributed by atoms with Gasteiger partial charge in [0.05, 0.1) is 22.8 Å². The Labute approximate surface area is 145 Å². The molecule has 24 heavy (non-hydrogen) atoms. The fraction of sp³-hybridized carbons (Fsp3) is 0.444. The molecule has 0 unspecified atom stereocenters. The molecule has 0 saturated heterocycles. The number of H-pyrrole nitrogens is 1. The maximum atomic E-state index is 12.5. The average molecular weight is 349 g/mol. The summed E-state index contributed by atoms with van der Waals surface area (Å²) in [6.45, 7) is 1.94. The van der Waals surface area contributed by atoms with E-state index in [2.05, 4.69) is 10.3 Å². The van der Waals surface area contributed by atoms with Crippen LogP contribution in [0.5, 0.6) is 0 Å². The molecule has 0 atom stereocenters. The molecule has 2 N–H and O–H groups in total. The normalized spacial score (nSPS) is 15.4. The van der Waals surface area contributed by atoms with E-state index in [1.807, 2.05) is 12.1 Å². The Morgan fingerprint density at radius 2 is 2.08 bits per heavy atom. The van der Waals surface area contributed by atoms with E-state index in [0.717, 1.165) is 31.1 Å². The maximum Gasteiger partial charge on any atom is 0.345 e. The fourth-order valence-electron chi connectivity index (χ4n) is 3.28. The van der Waals surface area contributed by atoms with Gasteiger partial charge in [-0.15, -0.1) is 0 Å². The molecule has 128 valence electrons. The number of hydrogen-bond donors (Lipinski definition) is 2. The number of para-hydroxylation sites is 1. The zero-order chi connectivity index (χ0) is 17.1. The van der Waals surface area contributed by atoms with Gasteiger partial charge in [0.25, 0.3) is 5.56 Å². The molecule has 5 nitrogen and oxygen atoms in total. The van der Waals surface area contributed by atoms with Crippen LogP contribution in [0.25, 0.3) is 10.9 Å². The predicted molar refractivity (Wildman–Crippen MR) is 96.0 cm³/mol. The van der Waals surface area contributed by atoms with Crippen molar-refractivity contribution < 1.29 is 9.53 Å². The van der Waals surface area contributed by atoms with E-state index in [0.29, 0.717) is 16.2 Å². The van der Waals surface area contributed by atoms with E-state index in [1.165, 1.54) is 6.42 Å². The second-order valence-corrected chi connectivity index (χ2v) is 6.47. The van der Waals surface area contributed by atoms with Gasteiger partial charge in [0.1, 0.15) is 5.56 Å². The van der Waals surface area contributed by atoms with Crippen molar-refractivity contribution in [3.8, 4) is 0 Å². The first-order valence-corrected chi connectivity index (χ1v) is 8.77. The number of aromatic nitrogens is 1. The summed E-state index contributed by atoms with van der Waals surface area (Å²) in [6.07, 6.45) is 5.57. The Kier molecular flexibility index (Phi) is 5.09. The van der Waals surface area contributed by atoms with Gasteiger partial charge in [0.2, 0.25) is 0 Å². The number of benzene rings is 1. The van der Waals surface area contributed by atoms with Gasteiger partial charge in [-0.25, -0.2) is 4.79 Å². The largest absolute Gasteiger partial charge is 0.462 e. The van der Waals surface area contributed by atoms with Gasteiger partial charge in [-0.05, 0) is 25.8 Å². The molecule has 3 rings (SSSR count). The second-order valence-electron chi connectivity index (χ2n) is 6.07. The molecule has 2 aromatic rings. The van der Waals surface area contributed by atoms with E-state index in [4.69, 9.17) is 16.3 Å². The summed E-state index contributed by atoms with van der Waals surface area (Å²) in [4.78, 5) is 27.6. The molecule has 1 heterocycles. The number of nitrogens with one attached hydrogen (secondary N) is 2. The maximum absolute atomic E-state index is 12.5. The first kappa shape index (κ1) is 16.8. The summed E-state index contributed by atoms with van der Waals surface area (Å²) in [5.41, 5.74) is 0.613. The number of pyridine rings is 1. The first-order chi connectivity index (χ1) is 11.6. The van der Waals surface area contributed by atoms with Gasteiger partial charge in [-0.1, -0.05) is 43.0 Å². The molecule has 1 aliphatic rings. The molecule has 0 aliphatic heterocycles. The van der Waals surface area contributed by atoms with Crippen LogP contribution in [0.1, 0.15) is 49.4 Å². The third kappa shape index (κ3) is 3.26. The number of fused-ring (bicyclic) bond motifs is 1. The molecule has 1 aliphatic carbocycles. The molecule has 0 spiro atoms. The van der Waals surface area contributed by atoms with Crippen molar-refractivity contribution in [2.24, 2.45) is 0 Å². The number of hydrogen-bond acceptors (Lipinski definition) is 4. The summed E-state index contributed by atoms with van der Waals surface area (Å²) in [5.74, 6) is -0.612. The monoisotopic (exact) mass is 348 g/mol. The SMILES string of the molecule is CCOC(=O)c1c(NC2CCCCC2)c2cccc(Cl)c2[nH]c1=O. The number of rotatable bonds is 4. The Bertz CT molecular complexity index is 810. The van der Waals surface area contributed by atoms with Crippen LogP contribution in [-0.2, 0) is 4.74 Å². The molecular weight excluding hydrogens is 328 g/mol. The minimum Gasteiger partial charge on any atom is -0.462 e. The molecule has 6 heteroatoms. The molecule has 1 aromatic heterocycles.